The number of halogens is 7. The zero-order chi connectivity index (χ0) is 23.1. The zero-order valence-electron chi connectivity index (χ0n) is 15.3. The van der Waals surface area contributed by atoms with E-state index >= 15 is 0 Å². The molecule has 1 N–H and O–H groups in total. The molecule has 1 aliphatic heterocycles. The van der Waals surface area contributed by atoms with Crippen LogP contribution in [0, 0.1) is 0 Å². The molecular formula is C18H11Br2Cl5N4O2. The number of amidine groups is 1. The first-order chi connectivity index (χ1) is 14.4. The van der Waals surface area contributed by atoms with Gasteiger partial charge in [-0.1, -0.05) is 73.9 Å². The van der Waals surface area contributed by atoms with E-state index in [1.165, 1.54) is 13.1 Å². The molecule has 13 heteroatoms. The molecule has 0 aliphatic carbocycles. The Kier molecular flexibility index (Phi) is 7.73. The summed E-state index contributed by atoms with van der Waals surface area (Å²) in [6.07, 6.45) is -1.27. The van der Waals surface area contributed by atoms with Crippen molar-refractivity contribution in [1.82, 2.24) is 4.90 Å². The molecule has 0 bridgehead atoms. The van der Waals surface area contributed by atoms with Gasteiger partial charge in [0.25, 0.3) is 5.91 Å². The number of amides is 3. The number of alkyl halides is 3. The topological polar surface area (TPSA) is 65.0 Å². The minimum Gasteiger partial charge on any atom is -0.359 e. The lowest BCUT2D eigenvalue weighted by Crippen LogP contribution is -2.38. The predicted octanol–water partition coefficient (Wildman–Crippen LogP) is 7.12. The normalized spacial score (nSPS) is 17.0. The van der Waals surface area contributed by atoms with Crippen molar-refractivity contribution in [1.29, 1.82) is 0 Å². The van der Waals surface area contributed by atoms with Crippen molar-refractivity contribution in [3.8, 4) is 0 Å². The average Bonchev–Trinajstić information content (AvgIpc) is 2.86. The molecule has 1 heterocycles. The second-order valence-corrected chi connectivity index (χ2v) is 11.2. The van der Waals surface area contributed by atoms with Gasteiger partial charge in [-0.3, -0.25) is 9.69 Å². The largest absolute Gasteiger partial charge is 0.359 e. The van der Waals surface area contributed by atoms with Crippen molar-refractivity contribution < 1.29 is 9.59 Å². The van der Waals surface area contributed by atoms with Gasteiger partial charge in [-0.25, -0.2) is 14.7 Å². The fourth-order valence-corrected chi connectivity index (χ4v) is 4.63. The van der Waals surface area contributed by atoms with Crippen LogP contribution in [-0.2, 0) is 4.79 Å². The van der Waals surface area contributed by atoms with Gasteiger partial charge in [-0.05, 0) is 52.3 Å². The van der Waals surface area contributed by atoms with Crippen molar-refractivity contribution in [2.24, 2.45) is 4.99 Å². The summed E-state index contributed by atoms with van der Waals surface area (Å²) in [4.78, 5) is 32.0. The molecule has 31 heavy (non-hydrogen) atoms. The number of anilines is 2. The smallest absolute Gasteiger partial charge is 0.337 e. The van der Waals surface area contributed by atoms with E-state index < -0.39 is 21.9 Å². The highest BCUT2D eigenvalue weighted by atomic mass is 79.9. The van der Waals surface area contributed by atoms with Crippen molar-refractivity contribution in [3.63, 3.8) is 0 Å². The quantitative estimate of drug-likeness (QED) is 0.283. The number of urea groups is 1. The van der Waals surface area contributed by atoms with Crippen molar-refractivity contribution in [2.45, 2.75) is 9.96 Å². The van der Waals surface area contributed by atoms with Crippen LogP contribution in [0.15, 0.2) is 50.3 Å². The Morgan fingerprint density at radius 1 is 1.06 bits per heavy atom. The Balaban J connectivity index is 2.09. The van der Waals surface area contributed by atoms with Gasteiger partial charge in [0.2, 0.25) is 9.63 Å². The second-order valence-electron chi connectivity index (χ2n) is 6.24. The highest BCUT2D eigenvalue weighted by Gasteiger charge is 2.44. The zero-order valence-corrected chi connectivity index (χ0v) is 22.3. The molecule has 1 unspecified atom stereocenters. The number of likely N-dealkylation sites (N-methyl/N-ethyl adjacent to an activating group) is 1. The third-order valence-corrected chi connectivity index (χ3v) is 6.42. The number of benzene rings is 2. The molecule has 6 nitrogen and oxygen atoms in total. The van der Waals surface area contributed by atoms with Crippen molar-refractivity contribution in [3.05, 3.63) is 55.4 Å². The first kappa shape index (κ1) is 24.9. The van der Waals surface area contributed by atoms with Crippen LogP contribution in [0.3, 0.4) is 0 Å². The van der Waals surface area contributed by atoms with Gasteiger partial charge in [0.05, 0.1) is 16.4 Å². The summed E-state index contributed by atoms with van der Waals surface area (Å²) in [5.41, 5.74) is 0.755. The Morgan fingerprint density at radius 2 is 1.74 bits per heavy atom. The average molecular weight is 652 g/mol. The molecule has 3 amide bonds. The van der Waals surface area contributed by atoms with E-state index in [9.17, 15) is 9.59 Å². The first-order valence-electron chi connectivity index (χ1n) is 8.33. The van der Waals surface area contributed by atoms with Crippen LogP contribution in [0.4, 0.5) is 16.2 Å². The van der Waals surface area contributed by atoms with Crippen LogP contribution in [0.2, 0.25) is 10.0 Å². The van der Waals surface area contributed by atoms with E-state index in [1.807, 2.05) is 0 Å². The van der Waals surface area contributed by atoms with E-state index in [0.717, 1.165) is 14.3 Å². The summed E-state index contributed by atoms with van der Waals surface area (Å²) >= 11 is 37.2. The molecular weight excluding hydrogens is 641 g/mol. The molecule has 1 fully saturated rings. The van der Waals surface area contributed by atoms with E-state index in [0.29, 0.717) is 20.9 Å². The molecule has 0 aromatic heterocycles. The fourth-order valence-electron chi connectivity index (χ4n) is 2.63. The summed E-state index contributed by atoms with van der Waals surface area (Å²) in [6, 6.07) is 9.12. The number of hydrogen-bond donors (Lipinski definition) is 1. The maximum atomic E-state index is 12.8. The molecule has 164 valence electrons. The van der Waals surface area contributed by atoms with Gasteiger partial charge in [0, 0.05) is 21.0 Å². The van der Waals surface area contributed by atoms with Crippen LogP contribution >= 0.6 is 89.9 Å². The third-order valence-electron chi connectivity index (χ3n) is 4.12. The summed E-state index contributed by atoms with van der Waals surface area (Å²) < 4.78 is -0.681. The number of nitrogens with zero attached hydrogens (tertiary/aromatic N) is 3. The maximum Gasteiger partial charge on any atom is 0.337 e. The SMILES string of the molecule is CN1C(=O)C(=NC(Nc2ccc(Cl)cc2Cl)C(Cl)(Cl)Cl)N(c2ccc(Br)cc2Br)C1=O. The number of carbonyl (C=O) groups excluding carboxylic acids is 2. The lowest BCUT2D eigenvalue weighted by molar-refractivity contribution is -0.119. The number of aliphatic imine (C=N–C) groups is 1. The summed E-state index contributed by atoms with van der Waals surface area (Å²) in [5.74, 6) is -0.896. The fraction of sp³-hybridized carbons (Fsp3) is 0.167. The second kappa shape index (κ2) is 9.63. The van der Waals surface area contributed by atoms with Crippen molar-refractivity contribution >= 4 is 119 Å². The van der Waals surface area contributed by atoms with Gasteiger partial charge in [0.15, 0.2) is 6.17 Å². The highest BCUT2D eigenvalue weighted by molar-refractivity contribution is 9.11. The van der Waals surface area contributed by atoms with Gasteiger partial charge in [-0.15, -0.1) is 0 Å². The Morgan fingerprint density at radius 3 is 2.32 bits per heavy atom. The van der Waals surface area contributed by atoms with E-state index in [1.54, 1.807) is 30.3 Å². The van der Waals surface area contributed by atoms with E-state index in [-0.39, 0.29) is 10.9 Å². The van der Waals surface area contributed by atoms with Gasteiger partial charge < -0.3 is 5.32 Å². The van der Waals surface area contributed by atoms with E-state index in [4.69, 9.17) is 58.0 Å². The minimum atomic E-state index is -2.00. The molecule has 1 aliphatic rings. The Labute approximate surface area is 219 Å². The van der Waals surface area contributed by atoms with Crippen molar-refractivity contribution in [2.75, 3.05) is 17.3 Å². The van der Waals surface area contributed by atoms with Gasteiger partial charge in [0.1, 0.15) is 0 Å². The molecule has 0 saturated carbocycles. The molecule has 2 aromatic carbocycles. The maximum absolute atomic E-state index is 12.8. The number of hydrogen-bond acceptors (Lipinski definition) is 4. The molecule has 0 spiro atoms. The lowest BCUT2D eigenvalue weighted by Gasteiger charge is -2.25. The number of rotatable bonds is 4. The van der Waals surface area contributed by atoms with Gasteiger partial charge >= 0.3 is 6.03 Å². The predicted molar refractivity (Wildman–Crippen MR) is 134 cm³/mol. The molecule has 1 atom stereocenters. The number of imide groups is 1. The summed E-state index contributed by atoms with van der Waals surface area (Å²) in [7, 11) is 1.33. The van der Waals surface area contributed by atoms with Crippen LogP contribution in [0.25, 0.3) is 0 Å². The number of carbonyl (C=O) groups is 2. The molecule has 3 rings (SSSR count). The lowest BCUT2D eigenvalue weighted by atomic mass is 10.3. The Hall–Kier alpha value is -0.740. The third kappa shape index (κ3) is 5.43. The standard InChI is InChI=1S/C18H11Br2Cl5N4O2/c1-28-15(30)14(29(17(28)31)13-5-2-8(19)6-10(13)20)27-16(18(23,24)25)26-12-4-3-9(21)7-11(12)22/h2-7,16,26H,1H3. The highest BCUT2D eigenvalue weighted by Crippen LogP contribution is 2.37. The van der Waals surface area contributed by atoms with E-state index in [2.05, 4.69) is 42.2 Å². The first-order valence-corrected chi connectivity index (χ1v) is 11.8. The number of nitrogens with one attached hydrogen (secondary N) is 1. The summed E-state index contributed by atoms with van der Waals surface area (Å²) in [5, 5.41) is 3.55. The minimum absolute atomic E-state index is 0.232. The molecule has 2 aromatic rings. The molecule has 1 saturated heterocycles. The van der Waals surface area contributed by atoms with Crippen LogP contribution in [0.1, 0.15) is 0 Å². The molecule has 0 radical (unpaired) electrons. The summed E-state index contributed by atoms with van der Waals surface area (Å²) in [6.45, 7) is 0. The van der Waals surface area contributed by atoms with Crippen LogP contribution in [-0.4, -0.2) is 39.7 Å². The Bertz CT molecular complexity index is 1090. The van der Waals surface area contributed by atoms with Gasteiger partial charge in [-0.2, -0.15) is 0 Å². The monoisotopic (exact) mass is 648 g/mol. The van der Waals surface area contributed by atoms with Crippen LogP contribution < -0.4 is 10.2 Å². The van der Waals surface area contributed by atoms with Crippen LogP contribution in [0.5, 0.6) is 0 Å².